The predicted octanol–water partition coefficient (Wildman–Crippen LogP) is 4.56. The van der Waals surface area contributed by atoms with Crippen molar-refractivity contribution in [3.8, 4) is 0 Å². The van der Waals surface area contributed by atoms with Crippen LogP contribution in [0.5, 0.6) is 0 Å². The molecule has 0 nitrogen and oxygen atoms in total. The zero-order valence-corrected chi connectivity index (χ0v) is 14.3. The summed E-state index contributed by atoms with van der Waals surface area (Å²) in [5, 5.41) is 0. The Morgan fingerprint density at radius 1 is 1.12 bits per heavy atom. The molecule has 0 spiro atoms. The molecule has 0 aromatic heterocycles. The van der Waals surface area contributed by atoms with Gasteiger partial charge in [-0.3, -0.25) is 0 Å². The molecule has 3 heteroatoms. The van der Waals surface area contributed by atoms with Crippen LogP contribution in [0.25, 0.3) is 0 Å². The van der Waals surface area contributed by atoms with Crippen LogP contribution in [-0.2, 0) is 0 Å². The van der Waals surface area contributed by atoms with Crippen molar-refractivity contribution >= 4 is 51.3 Å². The van der Waals surface area contributed by atoms with Crippen LogP contribution in [0.2, 0.25) is 0 Å². The molecule has 0 saturated carbocycles. The van der Waals surface area contributed by atoms with Crippen molar-refractivity contribution in [2.75, 3.05) is 0 Å². The number of hydrogen-bond acceptors (Lipinski definition) is 0. The van der Waals surface area contributed by atoms with Crippen LogP contribution in [-0.4, -0.2) is 15.0 Å². The Bertz CT molecular complexity index is 333. The van der Waals surface area contributed by atoms with Gasteiger partial charge in [-0.05, 0) is 0 Å². The molecule has 1 aromatic carbocycles. The Morgan fingerprint density at radius 2 is 1.81 bits per heavy atom. The summed E-state index contributed by atoms with van der Waals surface area (Å²) < 4.78 is 4.08. The minimum atomic E-state index is 0.395. The average molecular weight is 411 g/mol. The predicted molar refractivity (Wildman–Crippen MR) is 80.9 cm³/mol. The zero-order valence-electron chi connectivity index (χ0n) is 9.38. The molecule has 1 aromatic rings. The number of benzene rings is 1. The second-order valence-electron chi connectivity index (χ2n) is 3.55. The first kappa shape index (κ1) is 14.5. The van der Waals surface area contributed by atoms with E-state index in [4.69, 9.17) is 0 Å². The molecule has 0 N–H and O–H groups in total. The summed E-state index contributed by atoms with van der Waals surface area (Å²) in [6.07, 6.45) is 5.02. The van der Waals surface area contributed by atoms with Crippen molar-refractivity contribution in [3.05, 3.63) is 38.2 Å². The van der Waals surface area contributed by atoms with Gasteiger partial charge in [-0.25, -0.2) is 0 Å². The van der Waals surface area contributed by atoms with Gasteiger partial charge in [0.1, 0.15) is 0 Å². The van der Waals surface area contributed by atoms with Gasteiger partial charge in [0.05, 0.1) is 0 Å². The van der Waals surface area contributed by atoms with Crippen LogP contribution in [0.15, 0.2) is 38.2 Å². The summed E-state index contributed by atoms with van der Waals surface area (Å²) in [7, 11) is 0. The van der Waals surface area contributed by atoms with Crippen LogP contribution in [0.4, 0.5) is 0 Å². The third-order valence-electron chi connectivity index (χ3n) is 2.16. The summed E-state index contributed by atoms with van der Waals surface area (Å²) in [5.41, 5.74) is 0. The van der Waals surface area contributed by atoms with Crippen molar-refractivity contribution in [1.29, 1.82) is 0 Å². The maximum atomic E-state index is 3.69. The van der Waals surface area contributed by atoms with Gasteiger partial charge in [-0.1, -0.05) is 0 Å². The van der Waals surface area contributed by atoms with Crippen molar-refractivity contribution in [2.45, 2.75) is 32.6 Å². The Labute approximate surface area is 121 Å². The van der Waals surface area contributed by atoms with E-state index in [0.717, 1.165) is 6.42 Å². The zero-order chi connectivity index (χ0) is 11.8. The maximum absolute atomic E-state index is 3.69. The average Bonchev–Trinajstić information content (AvgIpc) is 2.30. The Hall–Kier alpha value is 0.439. The number of halogens is 2. The van der Waals surface area contributed by atoms with Gasteiger partial charge < -0.3 is 0 Å². The molecule has 1 rings (SSSR count). The molecule has 0 heterocycles. The Balaban J connectivity index is 2.49. The second kappa shape index (κ2) is 8.52. The van der Waals surface area contributed by atoms with Crippen LogP contribution in [0, 0.1) is 0 Å². The van der Waals surface area contributed by atoms with Crippen LogP contribution in [0.3, 0.4) is 0 Å². The molecule has 0 aliphatic carbocycles. The molecule has 0 fully saturated rings. The third kappa shape index (κ3) is 5.67. The van der Waals surface area contributed by atoms with Gasteiger partial charge in [0.2, 0.25) is 0 Å². The van der Waals surface area contributed by atoms with Crippen molar-refractivity contribution in [3.63, 3.8) is 0 Å². The van der Waals surface area contributed by atoms with Gasteiger partial charge in [0.25, 0.3) is 0 Å². The van der Waals surface area contributed by atoms with E-state index in [2.05, 4.69) is 69.1 Å². The molecule has 88 valence electrons. The van der Waals surface area contributed by atoms with E-state index in [1.807, 2.05) is 0 Å². The number of unbranched alkanes of at least 4 members (excludes halogenated alkanes) is 2. The first-order chi connectivity index (χ1) is 7.74. The van der Waals surface area contributed by atoms with E-state index in [1.54, 1.807) is 0 Å². The summed E-state index contributed by atoms with van der Waals surface area (Å²) in [5.74, 6) is 0. The normalized spacial score (nSPS) is 12.4. The van der Waals surface area contributed by atoms with Crippen LogP contribution in [0.1, 0.15) is 32.6 Å². The number of hydrogen-bond donors (Lipinski definition) is 0. The monoisotopic (exact) mass is 410 g/mol. The van der Waals surface area contributed by atoms with E-state index >= 15 is 0 Å². The number of allylic oxidation sites excluding steroid dienone is 1. The molecule has 0 saturated heterocycles. The topological polar surface area (TPSA) is 0 Å². The SMILES string of the molecule is CCCCC/C(Br)=C(\Br)[Se]c1ccccc1. The molecule has 0 atom stereocenters. The molecule has 16 heavy (non-hydrogen) atoms. The first-order valence-electron chi connectivity index (χ1n) is 5.51. The Morgan fingerprint density at radius 3 is 2.44 bits per heavy atom. The van der Waals surface area contributed by atoms with E-state index in [9.17, 15) is 0 Å². The van der Waals surface area contributed by atoms with Crippen LogP contribution >= 0.6 is 31.9 Å². The fraction of sp³-hybridized carbons (Fsp3) is 0.385. The Kier molecular flexibility index (Phi) is 7.72. The summed E-state index contributed by atoms with van der Waals surface area (Å²) in [6.45, 7) is 2.24. The van der Waals surface area contributed by atoms with Crippen molar-refractivity contribution in [2.24, 2.45) is 0 Å². The third-order valence-corrected chi connectivity index (χ3v) is 7.36. The van der Waals surface area contributed by atoms with Gasteiger partial charge >= 0.3 is 122 Å². The minimum absolute atomic E-state index is 0.395. The molecule has 0 unspecified atom stereocenters. The summed E-state index contributed by atoms with van der Waals surface area (Å²) in [4.78, 5) is 0. The first-order valence-corrected chi connectivity index (χ1v) is 8.81. The van der Waals surface area contributed by atoms with Crippen LogP contribution < -0.4 is 4.46 Å². The van der Waals surface area contributed by atoms with Crippen molar-refractivity contribution < 1.29 is 0 Å². The molecular weight excluding hydrogens is 395 g/mol. The van der Waals surface area contributed by atoms with E-state index in [-0.39, 0.29) is 0 Å². The fourth-order valence-electron chi connectivity index (χ4n) is 1.28. The van der Waals surface area contributed by atoms with Gasteiger partial charge in [0.15, 0.2) is 0 Å². The van der Waals surface area contributed by atoms with Gasteiger partial charge in [-0.15, -0.1) is 0 Å². The molecule has 0 radical (unpaired) electrons. The summed E-state index contributed by atoms with van der Waals surface area (Å²) >= 11 is 7.77. The second-order valence-corrected chi connectivity index (χ2v) is 8.76. The van der Waals surface area contributed by atoms with Gasteiger partial charge in [-0.2, -0.15) is 0 Å². The van der Waals surface area contributed by atoms with E-state index in [0.29, 0.717) is 15.0 Å². The standard InChI is InChI=1S/C13H16Br2Se/c1-2-3-5-10-12(14)13(15)16-11-8-6-4-7-9-11/h4,6-9H,2-3,5,10H2,1H3/b13-12-. The molecular formula is C13H16Br2Se. The molecule has 0 amide bonds. The molecule has 0 aliphatic heterocycles. The molecule has 0 aliphatic rings. The van der Waals surface area contributed by atoms with Gasteiger partial charge in [0, 0.05) is 0 Å². The van der Waals surface area contributed by atoms with E-state index < -0.39 is 0 Å². The number of rotatable bonds is 6. The van der Waals surface area contributed by atoms with E-state index in [1.165, 1.54) is 31.6 Å². The quantitative estimate of drug-likeness (QED) is 0.476. The summed E-state index contributed by atoms with van der Waals surface area (Å²) in [6, 6.07) is 10.6. The molecule has 0 bridgehead atoms. The van der Waals surface area contributed by atoms with Crippen molar-refractivity contribution in [1.82, 2.24) is 0 Å². The fourth-order valence-corrected chi connectivity index (χ4v) is 4.64.